The minimum atomic E-state index is -4.15. The number of hydrogen-bond acceptors (Lipinski definition) is 3. The van der Waals surface area contributed by atoms with Gasteiger partial charge in [0, 0.05) is 18.8 Å². The van der Waals surface area contributed by atoms with Crippen LogP contribution in [-0.2, 0) is 13.2 Å². The Hall–Kier alpha value is -0.720. The summed E-state index contributed by atoms with van der Waals surface area (Å²) >= 11 is -0.0208. The van der Waals surface area contributed by atoms with E-state index in [2.05, 4.69) is 5.32 Å². The Morgan fingerprint density at radius 3 is 2.24 bits per heavy atom. The molecule has 1 aromatic carbocycles. The van der Waals surface area contributed by atoms with Crippen LogP contribution in [0.5, 0.6) is 0 Å². The molecule has 0 aliphatic carbocycles. The molecule has 0 radical (unpaired) electrons. The number of nitrogens with one attached hydrogen (secondary N) is 1. The van der Waals surface area contributed by atoms with Crippen LogP contribution < -0.4 is 5.32 Å². The van der Waals surface area contributed by atoms with Crippen molar-refractivity contribution in [1.29, 1.82) is 0 Å². The average Bonchev–Trinajstić information content (AvgIpc) is 2.28. The van der Waals surface area contributed by atoms with Gasteiger partial charge in [-0.15, -0.1) is 0 Å². The highest BCUT2D eigenvalue weighted by atomic mass is 32.2. The van der Waals surface area contributed by atoms with Gasteiger partial charge in [-0.05, 0) is 22.9 Å². The van der Waals surface area contributed by atoms with Crippen molar-refractivity contribution in [2.45, 2.75) is 18.7 Å². The smallest absolute Gasteiger partial charge is 0.392 e. The molecule has 2 nitrogen and oxygen atoms in total. The van der Waals surface area contributed by atoms with Crippen LogP contribution in [-0.4, -0.2) is 22.9 Å². The summed E-state index contributed by atoms with van der Waals surface area (Å²) in [6, 6.07) is 7.27. The molecule has 0 atom stereocenters. The van der Waals surface area contributed by atoms with Gasteiger partial charge in [0.15, 0.2) is 0 Å². The Labute approximate surface area is 102 Å². The third-order valence-corrected chi connectivity index (χ3v) is 2.81. The van der Waals surface area contributed by atoms with Crippen LogP contribution in [0.1, 0.15) is 11.1 Å². The number of benzene rings is 1. The minimum Gasteiger partial charge on any atom is -0.392 e. The van der Waals surface area contributed by atoms with Gasteiger partial charge in [0.2, 0.25) is 0 Å². The van der Waals surface area contributed by atoms with E-state index < -0.39 is 5.51 Å². The predicted molar refractivity (Wildman–Crippen MR) is 62.6 cm³/mol. The molecule has 0 saturated carbocycles. The van der Waals surface area contributed by atoms with Crippen LogP contribution in [0.3, 0.4) is 0 Å². The molecule has 1 rings (SSSR count). The van der Waals surface area contributed by atoms with Crippen molar-refractivity contribution in [2.24, 2.45) is 0 Å². The lowest BCUT2D eigenvalue weighted by Crippen LogP contribution is -2.18. The zero-order valence-electron chi connectivity index (χ0n) is 9.13. The van der Waals surface area contributed by atoms with Crippen molar-refractivity contribution in [1.82, 2.24) is 5.32 Å². The van der Waals surface area contributed by atoms with E-state index in [0.717, 1.165) is 11.1 Å². The van der Waals surface area contributed by atoms with E-state index >= 15 is 0 Å². The number of alkyl halides is 3. The first kappa shape index (κ1) is 14.3. The van der Waals surface area contributed by atoms with Crippen LogP contribution >= 0.6 is 11.8 Å². The number of rotatable bonds is 6. The lowest BCUT2D eigenvalue weighted by molar-refractivity contribution is -0.0327. The molecule has 96 valence electrons. The van der Waals surface area contributed by atoms with Crippen LogP contribution in [0, 0.1) is 0 Å². The molecule has 0 amide bonds. The zero-order valence-corrected chi connectivity index (χ0v) is 9.94. The van der Waals surface area contributed by atoms with Gasteiger partial charge in [0.1, 0.15) is 0 Å². The fourth-order valence-corrected chi connectivity index (χ4v) is 1.71. The normalized spacial score (nSPS) is 11.8. The number of thioether (sulfide) groups is 1. The largest absolute Gasteiger partial charge is 0.441 e. The number of aliphatic hydroxyl groups is 1. The van der Waals surface area contributed by atoms with Crippen molar-refractivity contribution >= 4 is 11.8 Å². The van der Waals surface area contributed by atoms with Gasteiger partial charge >= 0.3 is 5.51 Å². The standard InChI is InChI=1S/C11H14F3NOS/c12-11(13,14)17-6-5-15-7-9-1-3-10(8-16)4-2-9/h1-4,15-16H,5-8H2. The molecule has 0 saturated heterocycles. The highest BCUT2D eigenvalue weighted by molar-refractivity contribution is 8.00. The fraction of sp³-hybridized carbons (Fsp3) is 0.455. The molecule has 0 heterocycles. The molecule has 1 aromatic rings. The first-order valence-corrected chi connectivity index (χ1v) is 6.10. The molecule has 0 bridgehead atoms. The van der Waals surface area contributed by atoms with Crippen molar-refractivity contribution in [3.05, 3.63) is 35.4 Å². The summed E-state index contributed by atoms with van der Waals surface area (Å²) in [5.74, 6) is 0.0121. The highest BCUT2D eigenvalue weighted by Crippen LogP contribution is 2.29. The molecule has 2 N–H and O–H groups in total. The number of hydrogen-bond donors (Lipinski definition) is 2. The van der Waals surface area contributed by atoms with E-state index in [1.54, 1.807) is 12.1 Å². The molecular formula is C11H14F3NOS. The van der Waals surface area contributed by atoms with Gasteiger partial charge in [-0.25, -0.2) is 0 Å². The Morgan fingerprint density at radius 2 is 1.71 bits per heavy atom. The Morgan fingerprint density at radius 1 is 1.12 bits per heavy atom. The van der Waals surface area contributed by atoms with Crippen molar-refractivity contribution in [3.8, 4) is 0 Å². The SMILES string of the molecule is OCc1ccc(CNCCSC(F)(F)F)cc1. The fourth-order valence-electron chi connectivity index (χ4n) is 1.23. The predicted octanol–water partition coefficient (Wildman–Crippen LogP) is 2.52. The molecule has 0 aliphatic rings. The summed E-state index contributed by atoms with van der Waals surface area (Å²) < 4.78 is 35.4. The third-order valence-electron chi connectivity index (χ3n) is 2.08. The summed E-state index contributed by atoms with van der Waals surface area (Å²) in [4.78, 5) is 0. The Kier molecular flexibility index (Phi) is 5.80. The van der Waals surface area contributed by atoms with Gasteiger partial charge in [-0.1, -0.05) is 24.3 Å². The van der Waals surface area contributed by atoms with E-state index in [4.69, 9.17) is 5.11 Å². The van der Waals surface area contributed by atoms with Crippen molar-refractivity contribution in [2.75, 3.05) is 12.3 Å². The van der Waals surface area contributed by atoms with Crippen LogP contribution in [0.25, 0.3) is 0 Å². The van der Waals surface area contributed by atoms with E-state index in [0.29, 0.717) is 13.1 Å². The van der Waals surface area contributed by atoms with E-state index in [9.17, 15) is 13.2 Å². The second-order valence-corrected chi connectivity index (χ2v) is 4.61. The lowest BCUT2D eigenvalue weighted by atomic mass is 10.1. The van der Waals surface area contributed by atoms with Gasteiger partial charge < -0.3 is 10.4 Å². The molecule has 17 heavy (non-hydrogen) atoms. The van der Waals surface area contributed by atoms with Crippen molar-refractivity contribution in [3.63, 3.8) is 0 Å². The maximum atomic E-state index is 11.8. The summed E-state index contributed by atoms with van der Waals surface area (Å²) in [5, 5.41) is 11.8. The van der Waals surface area contributed by atoms with Crippen LogP contribution in [0.15, 0.2) is 24.3 Å². The average molecular weight is 265 g/mol. The molecule has 0 unspecified atom stereocenters. The zero-order chi connectivity index (χ0) is 12.7. The number of halogens is 3. The summed E-state index contributed by atoms with van der Waals surface area (Å²) in [6.07, 6.45) is 0. The first-order valence-electron chi connectivity index (χ1n) is 5.11. The summed E-state index contributed by atoms with van der Waals surface area (Å²) in [5.41, 5.74) is -2.34. The highest BCUT2D eigenvalue weighted by Gasteiger charge is 2.27. The summed E-state index contributed by atoms with van der Waals surface area (Å²) in [7, 11) is 0. The second-order valence-electron chi connectivity index (χ2n) is 3.45. The van der Waals surface area contributed by atoms with E-state index in [1.165, 1.54) is 0 Å². The van der Waals surface area contributed by atoms with Gasteiger partial charge in [0.25, 0.3) is 0 Å². The van der Waals surface area contributed by atoms with Gasteiger partial charge in [-0.2, -0.15) is 13.2 Å². The number of aliphatic hydroxyl groups excluding tert-OH is 1. The topological polar surface area (TPSA) is 32.3 Å². The first-order chi connectivity index (χ1) is 8.01. The van der Waals surface area contributed by atoms with Gasteiger partial charge in [-0.3, -0.25) is 0 Å². The summed E-state index contributed by atoms with van der Waals surface area (Å²) in [6.45, 7) is 0.839. The Balaban J connectivity index is 2.18. The van der Waals surface area contributed by atoms with Crippen molar-refractivity contribution < 1.29 is 18.3 Å². The second kappa shape index (κ2) is 6.88. The molecule has 0 fully saturated rings. The third kappa shape index (κ3) is 6.55. The molecular weight excluding hydrogens is 251 g/mol. The van der Waals surface area contributed by atoms with Crippen LogP contribution in [0.2, 0.25) is 0 Å². The minimum absolute atomic E-state index is 0.00404. The lowest BCUT2D eigenvalue weighted by Gasteiger charge is -2.07. The Bertz CT molecular complexity index is 326. The maximum Gasteiger partial charge on any atom is 0.441 e. The van der Waals surface area contributed by atoms with Crippen LogP contribution in [0.4, 0.5) is 13.2 Å². The maximum absolute atomic E-state index is 11.8. The van der Waals surface area contributed by atoms with E-state index in [1.807, 2.05) is 12.1 Å². The molecule has 0 aliphatic heterocycles. The quantitative estimate of drug-likeness (QED) is 0.775. The molecule has 6 heteroatoms. The monoisotopic (exact) mass is 265 g/mol. The van der Waals surface area contributed by atoms with Gasteiger partial charge in [0.05, 0.1) is 6.61 Å². The molecule has 0 spiro atoms. The molecule has 0 aromatic heterocycles. The van der Waals surface area contributed by atoms with E-state index in [-0.39, 0.29) is 24.1 Å².